The quantitative estimate of drug-likeness (QED) is 0.700. The maximum atomic E-state index is 13.3. The Labute approximate surface area is 172 Å². The molecule has 0 unspecified atom stereocenters. The van der Waals surface area contributed by atoms with Crippen molar-refractivity contribution in [2.45, 2.75) is 32.2 Å². The number of nitrogens with one attached hydrogen (secondary N) is 1. The molecule has 2 aliphatic rings. The van der Waals surface area contributed by atoms with Crippen LogP contribution in [-0.4, -0.2) is 28.4 Å². The minimum absolute atomic E-state index is 0.0113. The molecular formula is C23H20FN3O3. The molecular weight excluding hydrogens is 385 g/mol. The van der Waals surface area contributed by atoms with Gasteiger partial charge in [0.15, 0.2) is 5.76 Å². The van der Waals surface area contributed by atoms with E-state index in [-0.39, 0.29) is 17.6 Å². The van der Waals surface area contributed by atoms with Crippen LogP contribution in [0.15, 0.2) is 47.0 Å². The number of anilines is 1. The summed E-state index contributed by atoms with van der Waals surface area (Å²) in [5.74, 6) is 0.206. The molecule has 0 bridgehead atoms. The van der Waals surface area contributed by atoms with E-state index in [1.807, 2.05) is 12.1 Å². The van der Waals surface area contributed by atoms with Crippen LogP contribution in [0.25, 0.3) is 11.3 Å². The molecule has 0 spiro atoms. The van der Waals surface area contributed by atoms with Crippen molar-refractivity contribution in [2.75, 3.05) is 11.9 Å². The number of benzene rings is 2. The van der Waals surface area contributed by atoms with E-state index < -0.39 is 0 Å². The van der Waals surface area contributed by atoms with Gasteiger partial charge in [0.1, 0.15) is 5.82 Å². The molecule has 0 saturated heterocycles. The molecule has 0 fully saturated rings. The van der Waals surface area contributed by atoms with Crippen molar-refractivity contribution < 1.29 is 18.5 Å². The van der Waals surface area contributed by atoms with Gasteiger partial charge in [0, 0.05) is 41.8 Å². The van der Waals surface area contributed by atoms with Crippen LogP contribution in [0.3, 0.4) is 0 Å². The third-order valence-electron chi connectivity index (χ3n) is 5.71. The third kappa shape index (κ3) is 3.36. The lowest BCUT2D eigenvalue weighted by molar-refractivity contribution is -0.116. The summed E-state index contributed by atoms with van der Waals surface area (Å²) in [6, 6.07) is 11.5. The van der Waals surface area contributed by atoms with Crippen LogP contribution in [0.4, 0.5) is 10.1 Å². The van der Waals surface area contributed by atoms with E-state index in [9.17, 15) is 14.0 Å². The Hall–Kier alpha value is -3.48. The zero-order valence-corrected chi connectivity index (χ0v) is 16.3. The van der Waals surface area contributed by atoms with Gasteiger partial charge in [-0.15, -0.1) is 0 Å². The van der Waals surface area contributed by atoms with Gasteiger partial charge in [0.25, 0.3) is 5.91 Å². The summed E-state index contributed by atoms with van der Waals surface area (Å²) in [5, 5.41) is 7.05. The average molecular weight is 405 g/mol. The summed E-state index contributed by atoms with van der Waals surface area (Å²) in [6.45, 7) is 0.938. The average Bonchev–Trinajstić information content (AvgIpc) is 3.08. The van der Waals surface area contributed by atoms with Crippen molar-refractivity contribution >= 4 is 17.5 Å². The minimum atomic E-state index is -0.316. The number of nitrogens with zero attached hydrogens (tertiary/aromatic N) is 2. The number of aromatic nitrogens is 1. The van der Waals surface area contributed by atoms with Crippen LogP contribution in [0.5, 0.6) is 0 Å². The molecule has 6 nitrogen and oxygen atoms in total. The highest BCUT2D eigenvalue weighted by atomic mass is 19.1. The lowest BCUT2D eigenvalue weighted by Gasteiger charge is -2.27. The van der Waals surface area contributed by atoms with Crippen molar-refractivity contribution in [1.82, 2.24) is 10.1 Å². The fourth-order valence-electron chi connectivity index (χ4n) is 4.10. The predicted octanol–water partition coefficient (Wildman–Crippen LogP) is 3.95. The standard InChI is InChI=1S/C23H20FN3O3/c24-17-7-4-14(5-8-17)22-18-13-27(11-10-20(18)26-30-22)23(29)16-6-9-19-15(12-16)2-1-3-21(28)25-19/h4-9,12H,1-3,10-11,13H2,(H,25,28). The number of carbonyl (C=O) groups excluding carboxylic acids is 2. The molecule has 5 rings (SSSR count). The van der Waals surface area contributed by atoms with Gasteiger partial charge in [-0.3, -0.25) is 9.59 Å². The molecule has 0 atom stereocenters. The van der Waals surface area contributed by atoms with Crippen molar-refractivity contribution in [3.63, 3.8) is 0 Å². The highest BCUT2D eigenvalue weighted by Crippen LogP contribution is 2.31. The van der Waals surface area contributed by atoms with Gasteiger partial charge in [-0.2, -0.15) is 0 Å². The first-order valence-electron chi connectivity index (χ1n) is 10.0. The molecule has 152 valence electrons. The zero-order valence-electron chi connectivity index (χ0n) is 16.3. The molecule has 2 aromatic carbocycles. The molecule has 7 heteroatoms. The van der Waals surface area contributed by atoms with Crippen LogP contribution < -0.4 is 5.32 Å². The van der Waals surface area contributed by atoms with Crippen LogP contribution in [-0.2, 0) is 24.2 Å². The molecule has 0 radical (unpaired) electrons. The Balaban J connectivity index is 1.40. The van der Waals surface area contributed by atoms with Gasteiger partial charge in [-0.1, -0.05) is 5.16 Å². The van der Waals surface area contributed by atoms with E-state index in [2.05, 4.69) is 10.5 Å². The molecule has 3 aromatic rings. The first kappa shape index (κ1) is 18.5. The van der Waals surface area contributed by atoms with Gasteiger partial charge in [0.2, 0.25) is 5.91 Å². The number of hydrogen-bond donors (Lipinski definition) is 1. The number of rotatable bonds is 2. The zero-order chi connectivity index (χ0) is 20.7. The number of fused-ring (bicyclic) bond motifs is 2. The normalized spacial score (nSPS) is 15.8. The van der Waals surface area contributed by atoms with Crippen molar-refractivity contribution in [3.05, 3.63) is 70.7 Å². The number of aryl methyl sites for hydroxylation is 1. The minimum Gasteiger partial charge on any atom is -0.356 e. The lowest BCUT2D eigenvalue weighted by Crippen LogP contribution is -2.36. The van der Waals surface area contributed by atoms with E-state index in [1.165, 1.54) is 12.1 Å². The highest BCUT2D eigenvalue weighted by molar-refractivity contribution is 5.97. The molecule has 3 heterocycles. The van der Waals surface area contributed by atoms with E-state index in [1.54, 1.807) is 23.1 Å². The Morgan fingerprint density at radius 2 is 1.93 bits per heavy atom. The van der Waals surface area contributed by atoms with E-state index in [0.717, 1.165) is 40.9 Å². The Morgan fingerprint density at radius 1 is 1.10 bits per heavy atom. The van der Waals surface area contributed by atoms with Crippen LogP contribution >= 0.6 is 0 Å². The third-order valence-corrected chi connectivity index (χ3v) is 5.71. The fourth-order valence-corrected chi connectivity index (χ4v) is 4.10. The largest absolute Gasteiger partial charge is 0.356 e. The molecule has 1 N–H and O–H groups in total. The second-order valence-corrected chi connectivity index (χ2v) is 7.69. The van der Waals surface area contributed by atoms with E-state index >= 15 is 0 Å². The number of halogens is 1. The molecule has 0 aliphatic carbocycles. The van der Waals surface area contributed by atoms with Crippen LogP contribution in [0, 0.1) is 5.82 Å². The van der Waals surface area contributed by atoms with Gasteiger partial charge in [-0.05, 0) is 60.9 Å². The number of carbonyl (C=O) groups is 2. The smallest absolute Gasteiger partial charge is 0.254 e. The topological polar surface area (TPSA) is 75.4 Å². The molecule has 2 amide bonds. The molecule has 1 aromatic heterocycles. The van der Waals surface area contributed by atoms with Gasteiger partial charge in [-0.25, -0.2) is 4.39 Å². The Bertz CT molecular complexity index is 1140. The first-order valence-corrected chi connectivity index (χ1v) is 10.0. The fraction of sp³-hybridized carbons (Fsp3) is 0.261. The Morgan fingerprint density at radius 3 is 2.77 bits per heavy atom. The summed E-state index contributed by atoms with van der Waals surface area (Å²) < 4.78 is 18.8. The van der Waals surface area contributed by atoms with Gasteiger partial charge < -0.3 is 14.7 Å². The summed E-state index contributed by atoms with van der Waals surface area (Å²) >= 11 is 0. The summed E-state index contributed by atoms with van der Waals surface area (Å²) in [7, 11) is 0. The highest BCUT2D eigenvalue weighted by Gasteiger charge is 2.28. The van der Waals surface area contributed by atoms with Crippen molar-refractivity contribution in [1.29, 1.82) is 0 Å². The number of hydrogen-bond acceptors (Lipinski definition) is 4. The summed E-state index contributed by atoms with van der Waals surface area (Å²) in [5.41, 5.74) is 4.81. The van der Waals surface area contributed by atoms with E-state index in [4.69, 9.17) is 4.52 Å². The van der Waals surface area contributed by atoms with Gasteiger partial charge in [0.05, 0.1) is 12.2 Å². The van der Waals surface area contributed by atoms with Crippen molar-refractivity contribution in [2.24, 2.45) is 0 Å². The first-order chi connectivity index (χ1) is 14.6. The molecule has 0 saturated carbocycles. The SMILES string of the molecule is O=C1CCCc2cc(C(=O)N3CCc4noc(-c5ccc(F)cc5)c4C3)ccc2N1. The maximum Gasteiger partial charge on any atom is 0.254 e. The summed E-state index contributed by atoms with van der Waals surface area (Å²) in [4.78, 5) is 26.7. The van der Waals surface area contributed by atoms with E-state index in [0.29, 0.717) is 37.3 Å². The second kappa shape index (κ2) is 7.40. The maximum absolute atomic E-state index is 13.3. The van der Waals surface area contributed by atoms with Crippen LogP contribution in [0.2, 0.25) is 0 Å². The number of amides is 2. The van der Waals surface area contributed by atoms with Crippen molar-refractivity contribution in [3.8, 4) is 11.3 Å². The molecule has 30 heavy (non-hydrogen) atoms. The molecule has 2 aliphatic heterocycles. The van der Waals surface area contributed by atoms with Crippen LogP contribution in [0.1, 0.15) is 40.0 Å². The Kier molecular flexibility index (Phi) is 4.58. The monoisotopic (exact) mass is 405 g/mol. The lowest BCUT2D eigenvalue weighted by atomic mass is 9.99. The second-order valence-electron chi connectivity index (χ2n) is 7.69. The van der Waals surface area contributed by atoms with Gasteiger partial charge >= 0.3 is 0 Å². The predicted molar refractivity (Wildman–Crippen MR) is 108 cm³/mol. The summed E-state index contributed by atoms with van der Waals surface area (Å²) in [6.07, 6.45) is 2.63.